The number of hydrogen-bond donors (Lipinski definition) is 3. The normalized spacial score (nSPS) is 20.4. The van der Waals surface area contributed by atoms with E-state index in [0.29, 0.717) is 35.5 Å². The van der Waals surface area contributed by atoms with Crippen molar-refractivity contribution < 1.29 is 50.5 Å². The number of nitrogens with zero attached hydrogens (tertiary/aromatic N) is 2. The number of carbonyl (C=O) groups excluding carboxylic acids is 1. The van der Waals surface area contributed by atoms with Crippen molar-refractivity contribution in [1.29, 1.82) is 0 Å². The number of nitrogens with one attached hydrogen (secondary N) is 1. The van der Waals surface area contributed by atoms with Gasteiger partial charge in [0.1, 0.15) is 22.7 Å². The van der Waals surface area contributed by atoms with Gasteiger partial charge in [0.15, 0.2) is 0 Å². The topological polar surface area (TPSA) is 121 Å². The number of carboxylic acids is 1. The van der Waals surface area contributed by atoms with E-state index < -0.39 is 51.5 Å². The van der Waals surface area contributed by atoms with Gasteiger partial charge in [-0.15, -0.1) is 0 Å². The zero-order valence-corrected chi connectivity index (χ0v) is 42.5. The highest BCUT2D eigenvalue weighted by molar-refractivity contribution is 5.85. The number of allylic oxidation sites excluding steroid dienone is 2. The summed E-state index contributed by atoms with van der Waals surface area (Å²) < 4.78 is 93.4. The summed E-state index contributed by atoms with van der Waals surface area (Å²) in [6.07, 6.45) is 0.387. The van der Waals surface area contributed by atoms with Gasteiger partial charge < -0.3 is 34.8 Å². The Balaban J connectivity index is 0.000000249. The van der Waals surface area contributed by atoms with Gasteiger partial charge in [0.2, 0.25) is 5.91 Å². The molecule has 4 aromatic rings. The number of ether oxygens (including phenoxy) is 2. The smallest absolute Gasteiger partial charge is 0.416 e. The maximum Gasteiger partial charge on any atom is 0.416 e. The van der Waals surface area contributed by atoms with Gasteiger partial charge in [-0.1, -0.05) is 52.0 Å². The van der Waals surface area contributed by atoms with Gasteiger partial charge in [-0.05, 0) is 155 Å². The summed E-state index contributed by atoms with van der Waals surface area (Å²) in [7, 11) is 0. The molecule has 0 bridgehead atoms. The fourth-order valence-corrected chi connectivity index (χ4v) is 8.99. The number of nitrogens with two attached hydrogens (primary N) is 1. The molecular formula is C54H72F6N4O5. The standard InChI is InChI=1S/C27H35F3N2O2.C15H21NO2.C12H16F3NO/c1-17(2)26(13-12-22(15-26)32-18(3)8-9-19(32)4)24(33)31-16-20-14-21(27(28,29)30)10-11-23(20)34-25(5,6)7;1-10(2)15(14(17)18)8-7-13(9-15)16-11(3)5-6-12(16)4;1-11(2,3)17-10-5-4-9(12(13,14)15)6-8(10)7-16/h8-14,17,22H,15-16H2,1-7H3,(H,31,33);5-8,10,13H,9H2,1-4H3,(H,17,18);4-6H,7,16H2,1-3H3/t22?,26-;13?,15-;/m00./s1. The third kappa shape index (κ3) is 13.7. The number of aryl methyl sites for hydroxylation is 4. The maximum absolute atomic E-state index is 13.5. The molecular weight excluding hydrogens is 899 g/mol. The summed E-state index contributed by atoms with van der Waals surface area (Å²) in [6, 6.07) is 15.2. The van der Waals surface area contributed by atoms with E-state index in [9.17, 15) is 41.0 Å². The van der Waals surface area contributed by atoms with E-state index in [1.165, 1.54) is 23.5 Å². The van der Waals surface area contributed by atoms with Crippen LogP contribution in [0.2, 0.25) is 0 Å². The van der Waals surface area contributed by atoms with E-state index in [2.05, 4.69) is 58.6 Å². The van der Waals surface area contributed by atoms with E-state index >= 15 is 0 Å². The molecule has 0 radical (unpaired) electrons. The molecule has 380 valence electrons. The third-order valence-corrected chi connectivity index (χ3v) is 12.8. The first-order chi connectivity index (χ1) is 31.7. The number of aromatic nitrogens is 2. The highest BCUT2D eigenvalue weighted by atomic mass is 19.4. The van der Waals surface area contributed by atoms with Crippen LogP contribution in [0.3, 0.4) is 0 Å². The molecule has 15 heteroatoms. The number of hydrogen-bond acceptors (Lipinski definition) is 5. The molecule has 69 heavy (non-hydrogen) atoms. The molecule has 2 aromatic heterocycles. The minimum absolute atomic E-state index is 0.00926. The van der Waals surface area contributed by atoms with Crippen LogP contribution in [-0.2, 0) is 35.0 Å². The van der Waals surface area contributed by atoms with Gasteiger partial charge in [0.05, 0.1) is 34.0 Å². The lowest BCUT2D eigenvalue weighted by Gasteiger charge is -2.32. The zero-order chi connectivity index (χ0) is 52.2. The first-order valence-corrected chi connectivity index (χ1v) is 23.3. The van der Waals surface area contributed by atoms with E-state index in [4.69, 9.17) is 15.2 Å². The van der Waals surface area contributed by atoms with Crippen LogP contribution in [-0.4, -0.2) is 37.3 Å². The summed E-state index contributed by atoms with van der Waals surface area (Å²) >= 11 is 0. The summed E-state index contributed by atoms with van der Waals surface area (Å²) in [6.45, 7) is 27.1. The van der Waals surface area contributed by atoms with E-state index in [1.807, 2.05) is 101 Å². The molecule has 2 aliphatic rings. The van der Waals surface area contributed by atoms with Crippen LogP contribution in [0.25, 0.3) is 0 Å². The monoisotopic (exact) mass is 971 g/mol. The second-order valence-electron chi connectivity index (χ2n) is 20.9. The molecule has 2 heterocycles. The fraction of sp³-hybridized carbons (Fsp3) is 0.519. The highest BCUT2D eigenvalue weighted by Gasteiger charge is 2.46. The van der Waals surface area contributed by atoms with Crippen LogP contribution in [0.1, 0.15) is 139 Å². The average Bonchev–Trinajstić information content (AvgIpc) is 4.02. The first kappa shape index (κ1) is 56.2. The van der Waals surface area contributed by atoms with E-state index in [1.54, 1.807) is 0 Å². The van der Waals surface area contributed by atoms with Crippen molar-refractivity contribution in [3.63, 3.8) is 0 Å². The number of rotatable bonds is 11. The van der Waals surface area contributed by atoms with Crippen molar-refractivity contribution in [1.82, 2.24) is 14.5 Å². The molecule has 2 aliphatic carbocycles. The van der Waals surface area contributed by atoms with Crippen LogP contribution in [0.15, 0.2) is 85.0 Å². The van der Waals surface area contributed by atoms with Crippen molar-refractivity contribution in [2.75, 3.05) is 0 Å². The second kappa shape index (κ2) is 21.3. The molecule has 9 nitrogen and oxygen atoms in total. The summed E-state index contributed by atoms with van der Waals surface area (Å²) in [5, 5.41) is 12.4. The number of aliphatic carboxylic acids is 1. The molecule has 0 aliphatic heterocycles. The van der Waals surface area contributed by atoms with Gasteiger partial charge in [-0.25, -0.2) is 0 Å². The van der Waals surface area contributed by atoms with Gasteiger partial charge in [0, 0.05) is 47.0 Å². The largest absolute Gasteiger partial charge is 0.488 e. The fourth-order valence-electron chi connectivity index (χ4n) is 8.99. The van der Waals surface area contributed by atoms with Crippen LogP contribution in [0, 0.1) is 50.4 Å². The van der Waals surface area contributed by atoms with Gasteiger partial charge in [-0.2, -0.15) is 26.3 Å². The highest BCUT2D eigenvalue weighted by Crippen LogP contribution is 2.47. The Morgan fingerprint density at radius 2 is 1.01 bits per heavy atom. The Bertz CT molecular complexity index is 2440. The SMILES string of the molecule is CC(C)(C)Oc1ccc(C(F)(F)F)cc1CN.Cc1ccc(C)n1C1C=C[C@@](C(=O)NCc2cc(C(F)(F)F)ccc2OC(C)(C)C)(C(C)C)C1.Cc1ccc(C)n1C1C=C[C@@](C(=O)O)(C(C)C)C1. The Morgan fingerprint density at radius 1 is 0.652 bits per heavy atom. The molecule has 0 saturated heterocycles. The molecule has 2 aromatic carbocycles. The van der Waals surface area contributed by atoms with Crippen molar-refractivity contribution in [3.05, 3.63) is 130 Å². The molecule has 0 fully saturated rings. The predicted molar refractivity (Wildman–Crippen MR) is 259 cm³/mol. The number of halogens is 6. The Morgan fingerprint density at radius 3 is 1.35 bits per heavy atom. The summed E-state index contributed by atoms with van der Waals surface area (Å²) in [5.74, 6) is -0.0588. The first-order valence-electron chi connectivity index (χ1n) is 23.3. The van der Waals surface area contributed by atoms with Crippen LogP contribution in [0.4, 0.5) is 26.3 Å². The zero-order valence-electron chi connectivity index (χ0n) is 42.5. The molecule has 4 atom stereocenters. The van der Waals surface area contributed by atoms with E-state index in [-0.39, 0.29) is 42.9 Å². The lowest BCUT2D eigenvalue weighted by molar-refractivity contribution is -0.148. The van der Waals surface area contributed by atoms with Gasteiger partial charge in [0.25, 0.3) is 0 Å². The lowest BCUT2D eigenvalue weighted by atomic mass is 9.75. The van der Waals surface area contributed by atoms with Crippen LogP contribution in [0.5, 0.6) is 11.5 Å². The molecule has 2 unspecified atom stereocenters. The quantitative estimate of drug-likeness (QED) is 0.102. The Labute approximate surface area is 404 Å². The van der Waals surface area contributed by atoms with Crippen molar-refractivity contribution in [2.24, 2.45) is 28.4 Å². The minimum atomic E-state index is -4.48. The molecule has 6 rings (SSSR count). The Kier molecular flexibility index (Phi) is 17.3. The maximum atomic E-state index is 13.5. The second-order valence-corrected chi connectivity index (χ2v) is 20.9. The van der Waals surface area contributed by atoms with Crippen molar-refractivity contribution >= 4 is 11.9 Å². The number of alkyl halides is 6. The third-order valence-electron chi connectivity index (χ3n) is 12.8. The summed E-state index contributed by atoms with van der Waals surface area (Å²) in [4.78, 5) is 25.1. The molecule has 0 saturated carbocycles. The molecule has 1 amide bonds. The lowest BCUT2D eigenvalue weighted by Crippen LogP contribution is -2.42. The number of carbonyl (C=O) groups is 2. The van der Waals surface area contributed by atoms with Gasteiger partial charge >= 0.3 is 18.3 Å². The van der Waals surface area contributed by atoms with Crippen LogP contribution < -0.4 is 20.5 Å². The van der Waals surface area contributed by atoms with Crippen LogP contribution >= 0.6 is 0 Å². The predicted octanol–water partition coefficient (Wildman–Crippen LogP) is 13.4. The number of amides is 1. The van der Waals surface area contributed by atoms with Gasteiger partial charge in [-0.3, -0.25) is 9.59 Å². The van der Waals surface area contributed by atoms with E-state index in [0.717, 1.165) is 35.7 Å². The van der Waals surface area contributed by atoms with Crippen molar-refractivity contribution in [2.45, 2.75) is 159 Å². The number of carboxylic acid groups (broad SMARTS) is 1. The molecule has 0 spiro atoms. The summed E-state index contributed by atoms with van der Waals surface area (Å²) in [5.41, 5.74) is 6.71. The molecule has 4 N–H and O–H groups in total. The Hall–Kier alpha value is -5.44. The number of benzene rings is 2. The minimum Gasteiger partial charge on any atom is -0.488 e. The van der Waals surface area contributed by atoms with Crippen molar-refractivity contribution in [3.8, 4) is 11.5 Å². The average molecular weight is 971 g/mol.